The average molecular weight is 560 g/mol. The molecule has 0 bridgehead atoms. The van der Waals surface area contributed by atoms with Crippen LogP contribution in [-0.4, -0.2) is 66.3 Å². The zero-order chi connectivity index (χ0) is 28.4. The lowest BCUT2D eigenvalue weighted by atomic mass is 9.85. The Morgan fingerprint density at radius 1 is 0.927 bits per heavy atom. The predicted octanol–water partition coefficient (Wildman–Crippen LogP) is 3.54. The summed E-state index contributed by atoms with van der Waals surface area (Å²) in [6.45, 7) is 1.24. The Morgan fingerprint density at radius 3 is 2.44 bits per heavy atom. The molecule has 3 aliphatic heterocycles. The molecule has 3 aromatic rings. The fourth-order valence-corrected chi connectivity index (χ4v) is 5.64. The zero-order valence-electron chi connectivity index (χ0n) is 22.3. The molecule has 6 rings (SSSR count). The van der Waals surface area contributed by atoms with Crippen molar-refractivity contribution in [3.8, 4) is 11.5 Å². The number of hydrogen-bond donors (Lipinski definition) is 2. The van der Waals surface area contributed by atoms with Gasteiger partial charge in [0.15, 0.2) is 11.5 Å². The van der Waals surface area contributed by atoms with E-state index in [1.165, 1.54) is 12.1 Å². The lowest BCUT2D eigenvalue weighted by Crippen LogP contribution is -2.58. The van der Waals surface area contributed by atoms with Crippen LogP contribution >= 0.6 is 0 Å². The molecule has 4 amide bonds. The molecule has 212 valence electrons. The number of ether oxygens (including phenoxy) is 2. The van der Waals surface area contributed by atoms with Gasteiger partial charge in [-0.1, -0.05) is 36.4 Å². The molecule has 0 aliphatic carbocycles. The monoisotopic (exact) mass is 559 g/mol. The number of halogens is 1. The highest BCUT2D eigenvalue weighted by atomic mass is 19.1. The Bertz CT molecular complexity index is 1460. The third kappa shape index (κ3) is 5.22. The molecule has 10 nitrogen and oxygen atoms in total. The zero-order valence-corrected chi connectivity index (χ0v) is 22.3. The van der Waals surface area contributed by atoms with Crippen LogP contribution in [0.15, 0.2) is 72.8 Å². The molecule has 2 N–H and O–H groups in total. The lowest BCUT2D eigenvalue weighted by molar-refractivity contribution is -0.137. The molecule has 1 spiro atoms. The molecule has 0 unspecified atom stereocenters. The van der Waals surface area contributed by atoms with Crippen LogP contribution in [0.1, 0.15) is 18.4 Å². The first-order valence-electron chi connectivity index (χ1n) is 13.5. The fourth-order valence-electron chi connectivity index (χ4n) is 5.64. The summed E-state index contributed by atoms with van der Waals surface area (Å²) >= 11 is 0. The number of likely N-dealkylation sites (tertiary alicyclic amines) is 1. The van der Waals surface area contributed by atoms with E-state index in [-0.39, 0.29) is 44.1 Å². The maximum Gasteiger partial charge on any atom is 0.321 e. The van der Waals surface area contributed by atoms with E-state index in [0.29, 0.717) is 37.4 Å². The summed E-state index contributed by atoms with van der Waals surface area (Å²) in [5, 5.41) is 5.52. The molecule has 0 radical (unpaired) electrons. The van der Waals surface area contributed by atoms with Gasteiger partial charge < -0.3 is 34.8 Å². The van der Waals surface area contributed by atoms with Crippen molar-refractivity contribution in [3.05, 3.63) is 84.2 Å². The second-order valence-corrected chi connectivity index (χ2v) is 10.3. The minimum atomic E-state index is -0.895. The number of para-hydroxylation sites is 2. The third-order valence-electron chi connectivity index (χ3n) is 7.84. The van der Waals surface area contributed by atoms with E-state index < -0.39 is 17.4 Å². The van der Waals surface area contributed by atoms with Crippen molar-refractivity contribution in [2.24, 2.45) is 0 Å². The summed E-state index contributed by atoms with van der Waals surface area (Å²) in [5.74, 6) is 0.380. The predicted molar refractivity (Wildman–Crippen MR) is 149 cm³/mol. The van der Waals surface area contributed by atoms with Gasteiger partial charge in [0, 0.05) is 25.3 Å². The summed E-state index contributed by atoms with van der Waals surface area (Å²) < 4.78 is 24.8. The quantitative estimate of drug-likeness (QED) is 0.479. The number of carbonyl (C=O) groups is 3. The van der Waals surface area contributed by atoms with Crippen LogP contribution < -0.4 is 25.0 Å². The average Bonchev–Trinajstić information content (AvgIpc) is 3.57. The van der Waals surface area contributed by atoms with Crippen molar-refractivity contribution < 1.29 is 28.2 Å². The van der Waals surface area contributed by atoms with Crippen molar-refractivity contribution in [1.29, 1.82) is 0 Å². The van der Waals surface area contributed by atoms with Crippen LogP contribution in [0.5, 0.6) is 11.5 Å². The van der Waals surface area contributed by atoms with E-state index in [0.717, 1.165) is 11.3 Å². The normalized spacial score (nSPS) is 17.2. The number of benzene rings is 3. The number of fused-ring (bicyclic) bond motifs is 1. The highest BCUT2D eigenvalue weighted by Gasteiger charge is 2.54. The first-order valence-corrected chi connectivity index (χ1v) is 13.5. The maximum atomic E-state index is 14.1. The number of nitrogens with one attached hydrogen (secondary N) is 2. The van der Waals surface area contributed by atoms with Crippen LogP contribution in [0.2, 0.25) is 0 Å². The van der Waals surface area contributed by atoms with E-state index >= 15 is 0 Å². The van der Waals surface area contributed by atoms with Gasteiger partial charge in [0.1, 0.15) is 17.9 Å². The summed E-state index contributed by atoms with van der Waals surface area (Å²) in [7, 11) is 0. The van der Waals surface area contributed by atoms with Gasteiger partial charge in [-0.3, -0.25) is 9.59 Å². The molecule has 3 heterocycles. The fraction of sp³-hybridized carbons (Fsp3) is 0.300. The van der Waals surface area contributed by atoms with Crippen LogP contribution in [0.25, 0.3) is 0 Å². The Balaban J connectivity index is 1.12. The van der Waals surface area contributed by atoms with E-state index in [9.17, 15) is 18.8 Å². The lowest BCUT2D eigenvalue weighted by Gasteiger charge is -2.43. The van der Waals surface area contributed by atoms with Crippen molar-refractivity contribution in [1.82, 2.24) is 15.1 Å². The molecule has 41 heavy (non-hydrogen) atoms. The first-order chi connectivity index (χ1) is 19.9. The maximum absolute atomic E-state index is 14.1. The highest BCUT2D eigenvalue weighted by molar-refractivity contribution is 5.97. The second kappa shape index (κ2) is 11.0. The molecule has 0 atom stereocenters. The van der Waals surface area contributed by atoms with Gasteiger partial charge in [-0.2, -0.15) is 0 Å². The molecule has 3 aliphatic rings. The summed E-state index contributed by atoms with van der Waals surface area (Å²) in [6.07, 6.45) is 0.751. The van der Waals surface area contributed by atoms with Crippen LogP contribution in [0, 0.1) is 5.82 Å². The van der Waals surface area contributed by atoms with Gasteiger partial charge in [-0.05, 0) is 54.8 Å². The number of piperidine rings is 1. The van der Waals surface area contributed by atoms with Gasteiger partial charge in [-0.15, -0.1) is 0 Å². The smallest absolute Gasteiger partial charge is 0.321 e. The van der Waals surface area contributed by atoms with Crippen molar-refractivity contribution >= 4 is 29.2 Å². The third-order valence-corrected chi connectivity index (χ3v) is 7.84. The minimum absolute atomic E-state index is 0.0913. The molecule has 0 saturated carbocycles. The number of carbonyl (C=O) groups excluding carboxylic acids is 3. The molecule has 2 saturated heterocycles. The topological polar surface area (TPSA) is 103 Å². The van der Waals surface area contributed by atoms with Crippen LogP contribution in [-0.2, 0) is 16.1 Å². The van der Waals surface area contributed by atoms with E-state index in [2.05, 4.69) is 10.6 Å². The van der Waals surface area contributed by atoms with Crippen molar-refractivity contribution in [2.45, 2.75) is 24.9 Å². The molecule has 0 aromatic heterocycles. The Hall–Kier alpha value is -4.80. The van der Waals surface area contributed by atoms with Crippen LogP contribution in [0.3, 0.4) is 0 Å². The van der Waals surface area contributed by atoms with Crippen molar-refractivity contribution in [3.63, 3.8) is 0 Å². The molecular weight excluding hydrogens is 529 g/mol. The van der Waals surface area contributed by atoms with Gasteiger partial charge in [0.2, 0.25) is 12.7 Å². The minimum Gasteiger partial charge on any atom is -0.454 e. The summed E-state index contributed by atoms with van der Waals surface area (Å²) in [6, 6.07) is 20.7. The summed E-state index contributed by atoms with van der Waals surface area (Å²) in [5.41, 5.74) is 0.944. The molecule has 3 aromatic carbocycles. The van der Waals surface area contributed by atoms with Crippen molar-refractivity contribution in [2.75, 3.05) is 43.3 Å². The van der Waals surface area contributed by atoms with E-state index in [1.54, 1.807) is 28.0 Å². The standard InChI is InChI=1S/C30H30FN5O5/c31-23-8-4-5-9-24(23)33-29(39)34-14-12-30(13-15-34)28(38)35(19-36(30)22-6-2-1-3-7-22)18-27(37)32-17-21-10-11-25-26(16-21)41-20-40-25/h1-11,16H,12-15,17-20H2,(H,32,37)(H,33,39). The molecule has 11 heteroatoms. The van der Waals surface area contributed by atoms with Gasteiger partial charge in [0.05, 0.1) is 12.4 Å². The van der Waals surface area contributed by atoms with Crippen LogP contribution in [0.4, 0.5) is 20.6 Å². The molecule has 2 fully saturated rings. The number of urea groups is 1. The number of amides is 4. The Morgan fingerprint density at radius 2 is 1.66 bits per heavy atom. The Labute approximate surface area is 236 Å². The second-order valence-electron chi connectivity index (χ2n) is 10.3. The molecular formula is C30H30FN5O5. The Kier molecular flexibility index (Phi) is 7.08. The number of hydrogen-bond acceptors (Lipinski definition) is 6. The SMILES string of the molecule is O=C(CN1CN(c2ccccc2)C2(CCN(C(=O)Nc3ccccc3F)CC2)C1=O)NCc1ccc2c(c1)OCO2. The first kappa shape index (κ1) is 26.4. The van der Waals surface area contributed by atoms with Gasteiger partial charge >= 0.3 is 6.03 Å². The van der Waals surface area contributed by atoms with E-state index in [4.69, 9.17) is 9.47 Å². The van der Waals surface area contributed by atoms with E-state index in [1.807, 2.05) is 47.4 Å². The van der Waals surface area contributed by atoms with Gasteiger partial charge in [0.25, 0.3) is 5.91 Å². The highest BCUT2D eigenvalue weighted by Crippen LogP contribution is 2.39. The largest absolute Gasteiger partial charge is 0.454 e. The van der Waals surface area contributed by atoms with Gasteiger partial charge in [-0.25, -0.2) is 9.18 Å². The summed E-state index contributed by atoms with van der Waals surface area (Å²) in [4.78, 5) is 44.9. The number of rotatable bonds is 6. The number of nitrogens with zero attached hydrogens (tertiary/aromatic N) is 3. The number of anilines is 2.